The van der Waals surface area contributed by atoms with Gasteiger partial charge in [0.2, 0.25) is 0 Å². The summed E-state index contributed by atoms with van der Waals surface area (Å²) in [6.07, 6.45) is 1.53. The first kappa shape index (κ1) is 14.1. The van der Waals surface area contributed by atoms with Crippen molar-refractivity contribution in [2.75, 3.05) is 17.2 Å². The van der Waals surface area contributed by atoms with E-state index >= 15 is 0 Å². The van der Waals surface area contributed by atoms with Gasteiger partial charge in [-0.05, 0) is 41.9 Å². The predicted molar refractivity (Wildman–Crippen MR) is 83.4 cm³/mol. The van der Waals surface area contributed by atoms with Crippen LogP contribution < -0.4 is 10.6 Å². The lowest BCUT2D eigenvalue weighted by molar-refractivity contribution is 1.08. The highest BCUT2D eigenvalue weighted by molar-refractivity contribution is 9.10. The topological polar surface area (TPSA) is 49.8 Å². The highest BCUT2D eigenvalue weighted by atomic mass is 79.9. The van der Waals surface area contributed by atoms with E-state index in [1.165, 1.54) is 6.33 Å². The standard InChI is InChI=1S/C13H14BrClN4/c1-3-16-12-8(2)13(18-7-17-12)19-10-6-4-5-9(15)11(10)14/h4-7H,3H2,1-2H3,(H2,16,17,18,19). The lowest BCUT2D eigenvalue weighted by atomic mass is 10.2. The number of rotatable bonds is 4. The Balaban J connectivity index is 2.33. The summed E-state index contributed by atoms with van der Waals surface area (Å²) in [6.45, 7) is 4.82. The van der Waals surface area contributed by atoms with E-state index in [2.05, 4.69) is 36.5 Å². The van der Waals surface area contributed by atoms with E-state index in [1.807, 2.05) is 32.0 Å². The molecule has 19 heavy (non-hydrogen) atoms. The van der Waals surface area contributed by atoms with E-state index in [-0.39, 0.29) is 0 Å². The number of aromatic nitrogens is 2. The molecule has 0 aliphatic carbocycles. The van der Waals surface area contributed by atoms with Crippen molar-refractivity contribution < 1.29 is 0 Å². The average Bonchev–Trinajstić information content (AvgIpc) is 2.40. The molecule has 0 aliphatic heterocycles. The van der Waals surface area contributed by atoms with Gasteiger partial charge in [-0.25, -0.2) is 9.97 Å². The van der Waals surface area contributed by atoms with Gasteiger partial charge in [0.05, 0.1) is 15.2 Å². The van der Waals surface area contributed by atoms with Crippen LogP contribution in [0.1, 0.15) is 12.5 Å². The van der Waals surface area contributed by atoms with Crippen LogP contribution in [0, 0.1) is 6.92 Å². The third kappa shape index (κ3) is 3.16. The Morgan fingerprint density at radius 3 is 2.74 bits per heavy atom. The Bertz CT molecular complexity index is 589. The fraction of sp³-hybridized carbons (Fsp3) is 0.231. The summed E-state index contributed by atoms with van der Waals surface area (Å²) in [4.78, 5) is 8.47. The molecule has 4 nitrogen and oxygen atoms in total. The van der Waals surface area contributed by atoms with Crippen molar-refractivity contribution in [3.8, 4) is 0 Å². The molecule has 0 amide bonds. The van der Waals surface area contributed by atoms with E-state index in [9.17, 15) is 0 Å². The first-order chi connectivity index (χ1) is 9.13. The lowest BCUT2D eigenvalue weighted by Gasteiger charge is -2.13. The highest BCUT2D eigenvalue weighted by Gasteiger charge is 2.09. The molecule has 0 radical (unpaired) electrons. The minimum atomic E-state index is 0.656. The maximum Gasteiger partial charge on any atom is 0.138 e. The number of hydrogen-bond acceptors (Lipinski definition) is 4. The molecule has 0 bridgehead atoms. The number of nitrogens with zero attached hydrogens (tertiary/aromatic N) is 2. The van der Waals surface area contributed by atoms with Crippen LogP contribution in [0.25, 0.3) is 0 Å². The third-order valence-electron chi connectivity index (χ3n) is 2.63. The second-order valence-electron chi connectivity index (χ2n) is 3.95. The molecule has 0 atom stereocenters. The SMILES string of the molecule is CCNc1ncnc(Nc2cccc(Cl)c2Br)c1C. The molecule has 0 spiro atoms. The Morgan fingerprint density at radius 1 is 1.26 bits per heavy atom. The Hall–Kier alpha value is -1.33. The average molecular weight is 342 g/mol. The van der Waals surface area contributed by atoms with Crippen molar-refractivity contribution in [2.45, 2.75) is 13.8 Å². The number of hydrogen-bond donors (Lipinski definition) is 2. The fourth-order valence-electron chi connectivity index (χ4n) is 1.65. The van der Waals surface area contributed by atoms with Gasteiger partial charge in [-0.3, -0.25) is 0 Å². The zero-order valence-corrected chi connectivity index (χ0v) is 13.0. The normalized spacial score (nSPS) is 10.3. The second kappa shape index (κ2) is 6.21. The van der Waals surface area contributed by atoms with Gasteiger partial charge >= 0.3 is 0 Å². The summed E-state index contributed by atoms with van der Waals surface area (Å²) in [5.74, 6) is 1.59. The molecule has 100 valence electrons. The Morgan fingerprint density at radius 2 is 2.00 bits per heavy atom. The first-order valence-corrected chi connectivity index (χ1v) is 7.07. The molecule has 1 aromatic carbocycles. The molecule has 2 aromatic rings. The number of halogens is 2. The minimum Gasteiger partial charge on any atom is -0.370 e. The molecule has 6 heteroatoms. The van der Waals surface area contributed by atoms with Gasteiger partial charge < -0.3 is 10.6 Å². The maximum absolute atomic E-state index is 6.07. The van der Waals surface area contributed by atoms with Crippen LogP contribution in [-0.2, 0) is 0 Å². The molecule has 1 aromatic heterocycles. The molecule has 0 unspecified atom stereocenters. The van der Waals surface area contributed by atoms with E-state index in [1.54, 1.807) is 0 Å². The molecular weight excluding hydrogens is 328 g/mol. The van der Waals surface area contributed by atoms with Gasteiger partial charge in [0.25, 0.3) is 0 Å². The van der Waals surface area contributed by atoms with Crippen molar-refractivity contribution in [1.29, 1.82) is 0 Å². The Labute approximate surface area is 125 Å². The lowest BCUT2D eigenvalue weighted by Crippen LogP contribution is -2.05. The maximum atomic E-state index is 6.07. The fourth-order valence-corrected chi connectivity index (χ4v) is 2.19. The molecule has 0 saturated carbocycles. The molecule has 0 aliphatic rings. The predicted octanol–water partition coefficient (Wildman–Crippen LogP) is 4.38. The Kier molecular flexibility index (Phi) is 4.61. The quantitative estimate of drug-likeness (QED) is 0.866. The van der Waals surface area contributed by atoms with Gasteiger partial charge in [-0.15, -0.1) is 0 Å². The monoisotopic (exact) mass is 340 g/mol. The largest absolute Gasteiger partial charge is 0.370 e. The van der Waals surface area contributed by atoms with Gasteiger partial charge in [0.15, 0.2) is 0 Å². The first-order valence-electron chi connectivity index (χ1n) is 5.90. The molecule has 0 fully saturated rings. The smallest absolute Gasteiger partial charge is 0.138 e. The summed E-state index contributed by atoms with van der Waals surface area (Å²) in [5.41, 5.74) is 1.84. The molecule has 1 heterocycles. The summed E-state index contributed by atoms with van der Waals surface area (Å²) >= 11 is 9.53. The minimum absolute atomic E-state index is 0.656. The highest BCUT2D eigenvalue weighted by Crippen LogP contribution is 2.32. The summed E-state index contributed by atoms with van der Waals surface area (Å²) in [6, 6.07) is 5.65. The summed E-state index contributed by atoms with van der Waals surface area (Å²) in [5, 5.41) is 7.11. The van der Waals surface area contributed by atoms with Crippen LogP contribution in [-0.4, -0.2) is 16.5 Å². The molecule has 0 saturated heterocycles. The van der Waals surface area contributed by atoms with Gasteiger partial charge in [0, 0.05) is 12.1 Å². The molecule has 2 N–H and O–H groups in total. The van der Waals surface area contributed by atoms with Crippen molar-refractivity contribution in [3.63, 3.8) is 0 Å². The van der Waals surface area contributed by atoms with Crippen molar-refractivity contribution in [2.24, 2.45) is 0 Å². The van der Waals surface area contributed by atoms with Crippen LogP contribution in [0.3, 0.4) is 0 Å². The van der Waals surface area contributed by atoms with E-state index in [0.29, 0.717) is 5.02 Å². The van der Waals surface area contributed by atoms with Crippen molar-refractivity contribution >= 4 is 44.9 Å². The number of benzene rings is 1. The van der Waals surface area contributed by atoms with Crippen molar-refractivity contribution in [3.05, 3.63) is 39.6 Å². The second-order valence-corrected chi connectivity index (χ2v) is 5.15. The van der Waals surface area contributed by atoms with E-state index < -0.39 is 0 Å². The van der Waals surface area contributed by atoms with Gasteiger partial charge in [-0.1, -0.05) is 17.7 Å². The van der Waals surface area contributed by atoms with E-state index in [4.69, 9.17) is 11.6 Å². The van der Waals surface area contributed by atoms with Gasteiger partial charge in [0.1, 0.15) is 18.0 Å². The summed E-state index contributed by atoms with van der Waals surface area (Å²) < 4.78 is 0.819. The van der Waals surface area contributed by atoms with Crippen LogP contribution >= 0.6 is 27.5 Å². The third-order valence-corrected chi connectivity index (χ3v) is 4.03. The van der Waals surface area contributed by atoms with Crippen molar-refractivity contribution in [1.82, 2.24) is 9.97 Å². The number of anilines is 3. The van der Waals surface area contributed by atoms with Crippen LogP contribution in [0.5, 0.6) is 0 Å². The number of nitrogens with one attached hydrogen (secondary N) is 2. The summed E-state index contributed by atoms with van der Waals surface area (Å²) in [7, 11) is 0. The zero-order chi connectivity index (χ0) is 13.8. The van der Waals surface area contributed by atoms with Crippen LogP contribution in [0.4, 0.5) is 17.3 Å². The zero-order valence-electron chi connectivity index (χ0n) is 10.7. The van der Waals surface area contributed by atoms with Crippen LogP contribution in [0.15, 0.2) is 29.0 Å². The van der Waals surface area contributed by atoms with Gasteiger partial charge in [-0.2, -0.15) is 0 Å². The van der Waals surface area contributed by atoms with E-state index in [0.717, 1.165) is 33.9 Å². The molecular formula is C13H14BrClN4. The molecule has 2 rings (SSSR count). The van der Waals surface area contributed by atoms with Crippen LogP contribution in [0.2, 0.25) is 5.02 Å².